The molecule has 0 saturated carbocycles. The Morgan fingerprint density at radius 3 is 2.94 bits per heavy atom. The quantitative estimate of drug-likeness (QED) is 0.885. The molecule has 1 aliphatic rings. The van der Waals surface area contributed by atoms with Crippen LogP contribution in [0.4, 0.5) is 0 Å². The highest BCUT2D eigenvalue weighted by Crippen LogP contribution is 2.22. The van der Waals surface area contributed by atoms with Gasteiger partial charge in [-0.1, -0.05) is 5.16 Å². The fraction of sp³-hybridized carbons (Fsp3) is 0.500. The van der Waals surface area contributed by atoms with E-state index in [0.29, 0.717) is 24.1 Å². The summed E-state index contributed by atoms with van der Waals surface area (Å²) in [5.41, 5.74) is 0.869. The van der Waals surface area contributed by atoms with Gasteiger partial charge in [-0.25, -0.2) is 0 Å². The highest BCUT2D eigenvalue weighted by atomic mass is 16.5. The topological polar surface area (TPSA) is 73.3 Å². The maximum atomic E-state index is 5.72. The van der Waals surface area contributed by atoms with Crippen LogP contribution in [-0.2, 0) is 11.3 Å². The van der Waals surface area contributed by atoms with E-state index >= 15 is 0 Å². The van der Waals surface area contributed by atoms with Crippen molar-refractivity contribution in [3.8, 4) is 11.6 Å². The van der Waals surface area contributed by atoms with Gasteiger partial charge in [0.25, 0.3) is 5.89 Å². The van der Waals surface area contributed by atoms with Crippen molar-refractivity contribution in [3.63, 3.8) is 0 Å². The van der Waals surface area contributed by atoms with Crippen molar-refractivity contribution < 1.29 is 13.7 Å². The summed E-state index contributed by atoms with van der Waals surface area (Å²) >= 11 is 0. The van der Waals surface area contributed by atoms with Gasteiger partial charge in [-0.05, 0) is 25.5 Å². The molecule has 18 heavy (non-hydrogen) atoms. The van der Waals surface area contributed by atoms with Gasteiger partial charge in [0.15, 0.2) is 5.76 Å². The number of rotatable bonds is 4. The highest BCUT2D eigenvalue weighted by molar-refractivity contribution is 5.50. The molecule has 0 aliphatic carbocycles. The Labute approximate surface area is 104 Å². The van der Waals surface area contributed by atoms with Gasteiger partial charge in [0.1, 0.15) is 6.61 Å². The molecule has 0 amide bonds. The Balaban J connectivity index is 1.68. The lowest BCUT2D eigenvalue weighted by Crippen LogP contribution is -2.58. The van der Waals surface area contributed by atoms with Crippen molar-refractivity contribution in [2.24, 2.45) is 0 Å². The van der Waals surface area contributed by atoms with E-state index in [2.05, 4.69) is 22.4 Å². The molecule has 0 radical (unpaired) electrons. The minimum atomic E-state index is -0.116. The maximum absolute atomic E-state index is 5.72. The van der Waals surface area contributed by atoms with Crippen LogP contribution in [0.5, 0.6) is 0 Å². The number of hydrogen-bond acceptors (Lipinski definition) is 6. The monoisotopic (exact) mass is 249 g/mol. The largest absolute Gasteiger partial charge is 0.461 e. The van der Waals surface area contributed by atoms with Crippen LogP contribution >= 0.6 is 0 Å². The van der Waals surface area contributed by atoms with Crippen LogP contribution in [0, 0.1) is 6.92 Å². The van der Waals surface area contributed by atoms with Gasteiger partial charge in [-0.2, -0.15) is 4.98 Å². The van der Waals surface area contributed by atoms with Crippen LogP contribution < -0.4 is 5.32 Å². The Morgan fingerprint density at radius 2 is 2.33 bits per heavy atom. The van der Waals surface area contributed by atoms with Crippen molar-refractivity contribution in [1.82, 2.24) is 15.5 Å². The van der Waals surface area contributed by atoms with E-state index in [4.69, 9.17) is 13.7 Å². The molecule has 0 spiro atoms. The number of nitrogens with one attached hydrogen (secondary N) is 1. The predicted octanol–water partition coefficient (Wildman–Crippen LogP) is 1.52. The average molecular weight is 249 g/mol. The standard InChI is InChI=1S/C12H15N3O3/c1-8-3-4-16-10(8)11-14-9(18-15-11)5-17-12(2)6-13-7-12/h3-4,13H,5-7H2,1-2H3. The smallest absolute Gasteiger partial charge is 0.253 e. The van der Waals surface area contributed by atoms with Crippen LogP contribution in [0.3, 0.4) is 0 Å². The average Bonchev–Trinajstić information content (AvgIpc) is 2.92. The molecule has 1 N–H and O–H groups in total. The summed E-state index contributed by atoms with van der Waals surface area (Å²) in [6, 6.07) is 1.86. The van der Waals surface area contributed by atoms with E-state index in [0.717, 1.165) is 18.7 Å². The van der Waals surface area contributed by atoms with E-state index in [9.17, 15) is 0 Å². The third-order valence-electron chi connectivity index (χ3n) is 3.08. The summed E-state index contributed by atoms with van der Waals surface area (Å²) in [6.45, 7) is 6.02. The molecule has 1 saturated heterocycles. The molecule has 3 rings (SSSR count). The first-order valence-corrected chi connectivity index (χ1v) is 5.88. The number of nitrogens with zero attached hydrogens (tertiary/aromatic N) is 2. The first-order chi connectivity index (χ1) is 8.66. The number of ether oxygens (including phenoxy) is 1. The lowest BCUT2D eigenvalue weighted by molar-refractivity contribution is -0.0841. The van der Waals surface area contributed by atoms with Gasteiger partial charge in [0.05, 0.1) is 11.9 Å². The van der Waals surface area contributed by atoms with Crippen LogP contribution in [0.2, 0.25) is 0 Å². The Bertz CT molecular complexity index is 542. The summed E-state index contributed by atoms with van der Waals surface area (Å²) in [5.74, 6) is 1.57. The normalized spacial score (nSPS) is 17.7. The SMILES string of the molecule is Cc1ccoc1-c1noc(COC2(C)CNC2)n1. The highest BCUT2D eigenvalue weighted by Gasteiger charge is 2.33. The molecule has 0 atom stereocenters. The molecule has 0 bridgehead atoms. The van der Waals surface area contributed by atoms with Gasteiger partial charge < -0.3 is 19.0 Å². The van der Waals surface area contributed by atoms with Crippen molar-refractivity contribution in [3.05, 3.63) is 23.8 Å². The van der Waals surface area contributed by atoms with E-state index in [1.54, 1.807) is 6.26 Å². The second-order valence-electron chi connectivity index (χ2n) is 4.79. The lowest BCUT2D eigenvalue weighted by atomic mass is 10.0. The Morgan fingerprint density at radius 1 is 1.50 bits per heavy atom. The lowest BCUT2D eigenvalue weighted by Gasteiger charge is -2.38. The zero-order chi connectivity index (χ0) is 12.6. The van der Waals surface area contributed by atoms with Gasteiger partial charge in [0, 0.05) is 13.1 Å². The Hall–Kier alpha value is -1.66. The van der Waals surface area contributed by atoms with Crippen molar-refractivity contribution >= 4 is 0 Å². The number of aryl methyl sites for hydroxylation is 1. The third kappa shape index (κ3) is 2.04. The number of aromatic nitrogens is 2. The number of furan rings is 1. The van der Waals surface area contributed by atoms with Crippen molar-refractivity contribution in [2.45, 2.75) is 26.1 Å². The van der Waals surface area contributed by atoms with E-state index < -0.39 is 0 Å². The van der Waals surface area contributed by atoms with E-state index in [-0.39, 0.29) is 5.60 Å². The van der Waals surface area contributed by atoms with Gasteiger partial charge in [-0.15, -0.1) is 0 Å². The van der Waals surface area contributed by atoms with Crippen LogP contribution in [0.15, 0.2) is 21.3 Å². The summed E-state index contributed by atoms with van der Waals surface area (Å²) in [4.78, 5) is 4.26. The maximum Gasteiger partial charge on any atom is 0.253 e. The van der Waals surface area contributed by atoms with E-state index in [1.165, 1.54) is 0 Å². The third-order valence-corrected chi connectivity index (χ3v) is 3.08. The van der Waals surface area contributed by atoms with Crippen LogP contribution in [0.25, 0.3) is 11.6 Å². The second-order valence-corrected chi connectivity index (χ2v) is 4.79. The fourth-order valence-electron chi connectivity index (χ4n) is 1.82. The first-order valence-electron chi connectivity index (χ1n) is 5.88. The van der Waals surface area contributed by atoms with Crippen molar-refractivity contribution in [1.29, 1.82) is 0 Å². The fourth-order valence-corrected chi connectivity index (χ4v) is 1.82. The molecule has 0 aromatic carbocycles. The molecule has 6 nitrogen and oxygen atoms in total. The van der Waals surface area contributed by atoms with E-state index in [1.807, 2.05) is 13.0 Å². The van der Waals surface area contributed by atoms with Gasteiger partial charge in [-0.3, -0.25) is 0 Å². The Kier molecular flexibility index (Phi) is 2.68. The van der Waals surface area contributed by atoms with Crippen LogP contribution in [-0.4, -0.2) is 28.8 Å². The van der Waals surface area contributed by atoms with Crippen molar-refractivity contribution in [2.75, 3.05) is 13.1 Å². The zero-order valence-corrected chi connectivity index (χ0v) is 10.4. The van der Waals surface area contributed by atoms with Gasteiger partial charge >= 0.3 is 0 Å². The molecule has 3 heterocycles. The summed E-state index contributed by atoms with van der Waals surface area (Å²) < 4.78 is 16.2. The predicted molar refractivity (Wildman–Crippen MR) is 62.8 cm³/mol. The molecular formula is C12H15N3O3. The second kappa shape index (κ2) is 4.22. The number of hydrogen-bond donors (Lipinski definition) is 1. The van der Waals surface area contributed by atoms with Gasteiger partial charge in [0.2, 0.25) is 5.82 Å². The molecule has 1 fully saturated rings. The first kappa shape index (κ1) is 11.4. The zero-order valence-electron chi connectivity index (χ0n) is 10.4. The summed E-state index contributed by atoms with van der Waals surface area (Å²) in [5, 5.41) is 7.05. The molecule has 0 unspecified atom stereocenters. The minimum absolute atomic E-state index is 0.116. The molecule has 2 aromatic rings. The van der Waals surface area contributed by atoms with Crippen LogP contribution in [0.1, 0.15) is 18.4 Å². The molecule has 1 aliphatic heterocycles. The summed E-state index contributed by atoms with van der Waals surface area (Å²) in [6.07, 6.45) is 1.61. The molecular weight excluding hydrogens is 234 g/mol. The summed E-state index contributed by atoms with van der Waals surface area (Å²) in [7, 11) is 0. The molecule has 6 heteroatoms. The molecule has 2 aromatic heterocycles. The minimum Gasteiger partial charge on any atom is -0.461 e. The molecule has 96 valence electrons.